The highest BCUT2D eigenvalue weighted by Crippen LogP contribution is 2.21. The van der Waals surface area contributed by atoms with Gasteiger partial charge in [-0.25, -0.2) is 0 Å². The molecule has 27 heavy (non-hydrogen) atoms. The van der Waals surface area contributed by atoms with E-state index in [4.69, 9.17) is 11.6 Å². The fourth-order valence-corrected chi connectivity index (χ4v) is 3.30. The lowest BCUT2D eigenvalue weighted by Crippen LogP contribution is -2.48. The van der Waals surface area contributed by atoms with Crippen molar-refractivity contribution >= 4 is 29.1 Å². The molecule has 0 radical (unpaired) electrons. The molecule has 2 aromatic carbocycles. The molecule has 0 saturated carbocycles. The molecule has 0 aromatic heterocycles. The first-order valence-corrected chi connectivity index (χ1v) is 9.55. The molecule has 1 aliphatic rings. The molecule has 0 unspecified atom stereocenters. The molecule has 5 nitrogen and oxygen atoms in total. The Kier molecular flexibility index (Phi) is 6.14. The summed E-state index contributed by atoms with van der Waals surface area (Å²) in [6.45, 7) is 8.23. The fraction of sp³-hybridized carbons (Fsp3) is 0.333. The molecule has 2 aromatic rings. The Labute approximate surface area is 164 Å². The largest absolute Gasteiger partial charge is 0.336 e. The van der Waals surface area contributed by atoms with E-state index in [1.807, 2.05) is 17.9 Å². The Hall–Kier alpha value is -2.37. The van der Waals surface area contributed by atoms with Gasteiger partial charge < -0.3 is 15.1 Å². The first-order valence-electron chi connectivity index (χ1n) is 9.17. The quantitative estimate of drug-likeness (QED) is 0.873. The lowest BCUT2D eigenvalue weighted by Gasteiger charge is -2.34. The summed E-state index contributed by atoms with van der Waals surface area (Å²) in [5, 5.41) is 3.43. The highest BCUT2D eigenvalue weighted by molar-refractivity contribution is 6.31. The zero-order chi connectivity index (χ0) is 19.4. The predicted molar refractivity (Wildman–Crippen MR) is 109 cm³/mol. The van der Waals surface area contributed by atoms with E-state index in [1.54, 1.807) is 36.4 Å². The van der Waals surface area contributed by atoms with Crippen molar-refractivity contribution in [3.63, 3.8) is 0 Å². The minimum atomic E-state index is -0.264. The van der Waals surface area contributed by atoms with E-state index in [1.165, 1.54) is 0 Å². The molecule has 1 saturated heterocycles. The van der Waals surface area contributed by atoms with Crippen LogP contribution in [0.5, 0.6) is 0 Å². The van der Waals surface area contributed by atoms with Gasteiger partial charge in [0.25, 0.3) is 11.8 Å². The second kappa shape index (κ2) is 8.55. The number of piperazine rings is 1. The predicted octanol–water partition coefficient (Wildman–Crippen LogP) is 3.68. The van der Waals surface area contributed by atoms with Crippen LogP contribution in [0.4, 0.5) is 5.69 Å². The van der Waals surface area contributed by atoms with Crippen molar-refractivity contribution in [3.8, 4) is 0 Å². The van der Waals surface area contributed by atoms with Crippen LogP contribution in [0.25, 0.3) is 0 Å². The number of rotatable bonds is 4. The molecule has 0 bridgehead atoms. The van der Waals surface area contributed by atoms with Crippen molar-refractivity contribution in [1.82, 2.24) is 9.80 Å². The summed E-state index contributed by atoms with van der Waals surface area (Å²) >= 11 is 6.11. The second-order valence-corrected chi connectivity index (χ2v) is 7.13. The Morgan fingerprint density at radius 1 is 1.04 bits per heavy atom. The third-order valence-corrected chi connectivity index (χ3v) is 5.32. The van der Waals surface area contributed by atoms with Gasteiger partial charge in [-0.2, -0.15) is 0 Å². The lowest BCUT2D eigenvalue weighted by atomic mass is 10.1. The van der Waals surface area contributed by atoms with E-state index in [-0.39, 0.29) is 11.8 Å². The number of amides is 2. The molecule has 1 aliphatic heterocycles. The number of carbonyl (C=O) groups excluding carboxylic acids is 2. The van der Waals surface area contributed by atoms with Crippen molar-refractivity contribution < 1.29 is 9.59 Å². The van der Waals surface area contributed by atoms with Gasteiger partial charge in [0, 0.05) is 48.0 Å². The number of carbonyl (C=O) groups is 2. The molecule has 3 rings (SSSR count). The summed E-state index contributed by atoms with van der Waals surface area (Å²) < 4.78 is 0. The van der Waals surface area contributed by atoms with E-state index in [2.05, 4.69) is 17.1 Å². The van der Waals surface area contributed by atoms with Crippen molar-refractivity contribution in [2.24, 2.45) is 0 Å². The van der Waals surface area contributed by atoms with Gasteiger partial charge in [0.1, 0.15) is 0 Å². The second-order valence-electron chi connectivity index (χ2n) is 6.73. The summed E-state index contributed by atoms with van der Waals surface area (Å²) in [5.74, 6) is -0.292. The third-order valence-electron chi connectivity index (χ3n) is 4.91. The summed E-state index contributed by atoms with van der Waals surface area (Å²) in [4.78, 5) is 29.5. The minimum absolute atomic E-state index is 0.0289. The molecule has 1 fully saturated rings. The van der Waals surface area contributed by atoms with E-state index >= 15 is 0 Å². The molecule has 1 N–H and O–H groups in total. The van der Waals surface area contributed by atoms with E-state index in [0.29, 0.717) is 34.9 Å². The maximum atomic E-state index is 12.8. The number of aryl methyl sites for hydroxylation is 1. The first kappa shape index (κ1) is 19.4. The number of benzene rings is 2. The monoisotopic (exact) mass is 385 g/mol. The van der Waals surface area contributed by atoms with Crippen LogP contribution in [-0.2, 0) is 0 Å². The summed E-state index contributed by atoms with van der Waals surface area (Å²) in [7, 11) is 0. The van der Waals surface area contributed by atoms with Gasteiger partial charge in [-0.3, -0.25) is 9.59 Å². The molecule has 142 valence electrons. The van der Waals surface area contributed by atoms with Crippen molar-refractivity contribution in [2.45, 2.75) is 13.8 Å². The maximum absolute atomic E-state index is 12.8. The number of hydrogen-bond acceptors (Lipinski definition) is 3. The molecule has 0 spiro atoms. The fourth-order valence-electron chi connectivity index (χ4n) is 3.12. The summed E-state index contributed by atoms with van der Waals surface area (Å²) in [6.07, 6.45) is 0. The van der Waals surface area contributed by atoms with Crippen molar-refractivity contribution in [3.05, 3.63) is 64.2 Å². The summed E-state index contributed by atoms with van der Waals surface area (Å²) in [6, 6.07) is 12.2. The van der Waals surface area contributed by atoms with Crippen LogP contribution >= 0.6 is 11.6 Å². The minimum Gasteiger partial charge on any atom is -0.336 e. The zero-order valence-corrected chi connectivity index (χ0v) is 16.4. The third kappa shape index (κ3) is 4.67. The van der Waals surface area contributed by atoms with E-state index < -0.39 is 0 Å². The molecule has 0 atom stereocenters. The van der Waals surface area contributed by atoms with Gasteiger partial charge in [0.15, 0.2) is 0 Å². The number of halogens is 1. The van der Waals surface area contributed by atoms with Crippen LogP contribution in [0.2, 0.25) is 5.02 Å². The number of nitrogens with one attached hydrogen (secondary N) is 1. The number of nitrogens with zero attached hydrogens (tertiary/aromatic N) is 2. The zero-order valence-electron chi connectivity index (χ0n) is 15.7. The Morgan fingerprint density at radius 3 is 2.41 bits per heavy atom. The highest BCUT2D eigenvalue weighted by Gasteiger charge is 2.22. The van der Waals surface area contributed by atoms with Gasteiger partial charge in [0.05, 0.1) is 0 Å². The van der Waals surface area contributed by atoms with E-state index in [0.717, 1.165) is 25.2 Å². The smallest absolute Gasteiger partial charge is 0.255 e. The molecule has 2 amide bonds. The number of likely N-dealkylation sites (N-methyl/N-ethyl adjacent to an activating group) is 1. The van der Waals surface area contributed by atoms with Crippen LogP contribution in [0.15, 0.2) is 42.5 Å². The average molecular weight is 386 g/mol. The van der Waals surface area contributed by atoms with Crippen molar-refractivity contribution in [2.75, 3.05) is 38.0 Å². The lowest BCUT2D eigenvalue weighted by molar-refractivity contribution is 0.0643. The normalized spacial score (nSPS) is 14.9. The Bertz CT molecular complexity index is 845. The summed E-state index contributed by atoms with van der Waals surface area (Å²) in [5.41, 5.74) is 2.56. The van der Waals surface area contributed by atoms with Gasteiger partial charge >= 0.3 is 0 Å². The SMILES string of the molecule is CCN1CCN(C(=O)c2cccc(C(=O)Nc3ccc(C)c(Cl)c3)c2)CC1. The Balaban J connectivity index is 1.70. The van der Waals surface area contributed by atoms with Crippen LogP contribution in [0.1, 0.15) is 33.2 Å². The van der Waals surface area contributed by atoms with Crippen LogP contribution in [0.3, 0.4) is 0 Å². The van der Waals surface area contributed by atoms with Crippen LogP contribution < -0.4 is 5.32 Å². The standard InChI is InChI=1S/C21H24ClN3O2/c1-3-24-9-11-25(12-10-24)21(27)17-6-4-5-16(13-17)20(26)23-18-8-7-15(2)19(22)14-18/h4-8,13-14H,3,9-12H2,1-2H3,(H,23,26). The van der Waals surface area contributed by atoms with Crippen LogP contribution in [0, 0.1) is 6.92 Å². The molecular formula is C21H24ClN3O2. The topological polar surface area (TPSA) is 52.7 Å². The highest BCUT2D eigenvalue weighted by atomic mass is 35.5. The van der Waals surface area contributed by atoms with Crippen molar-refractivity contribution in [1.29, 1.82) is 0 Å². The molecule has 6 heteroatoms. The molecular weight excluding hydrogens is 362 g/mol. The number of hydrogen-bond donors (Lipinski definition) is 1. The van der Waals surface area contributed by atoms with E-state index in [9.17, 15) is 9.59 Å². The Morgan fingerprint density at radius 2 is 1.74 bits per heavy atom. The average Bonchev–Trinajstić information content (AvgIpc) is 2.70. The van der Waals surface area contributed by atoms with Crippen LogP contribution in [-0.4, -0.2) is 54.3 Å². The van der Waals surface area contributed by atoms with Gasteiger partial charge in [0.2, 0.25) is 0 Å². The number of anilines is 1. The first-order chi connectivity index (χ1) is 13.0. The molecule has 0 aliphatic carbocycles. The molecule has 1 heterocycles. The van der Waals surface area contributed by atoms with Gasteiger partial charge in [-0.1, -0.05) is 30.7 Å². The van der Waals surface area contributed by atoms with Gasteiger partial charge in [-0.15, -0.1) is 0 Å². The van der Waals surface area contributed by atoms with Gasteiger partial charge in [-0.05, 0) is 49.4 Å². The maximum Gasteiger partial charge on any atom is 0.255 e.